The highest BCUT2D eigenvalue weighted by molar-refractivity contribution is 5.83. The lowest BCUT2D eigenvalue weighted by molar-refractivity contribution is -0.142. The topological polar surface area (TPSA) is 138 Å². The van der Waals surface area contributed by atoms with Crippen molar-refractivity contribution in [3.8, 4) is 22.5 Å². The minimum atomic E-state index is -1.19. The van der Waals surface area contributed by atoms with Gasteiger partial charge in [0.1, 0.15) is 11.6 Å². The number of rotatable bonds is 11. The molecule has 4 atom stereocenters. The Morgan fingerprint density at radius 2 is 0.981 bits per heavy atom. The lowest BCUT2D eigenvalue weighted by Gasteiger charge is -2.25. The Hall–Kier alpha value is -5.84. The molecule has 0 radical (unpaired) electrons. The van der Waals surface area contributed by atoms with Crippen molar-refractivity contribution in [2.24, 2.45) is 0 Å². The summed E-state index contributed by atoms with van der Waals surface area (Å²) in [6.07, 6.45) is 6.37. The Labute approximate surface area is 314 Å². The van der Waals surface area contributed by atoms with E-state index < -0.39 is 12.2 Å². The van der Waals surface area contributed by atoms with Crippen molar-refractivity contribution < 1.29 is 19.8 Å². The number of aliphatic hydroxyl groups is 2. The zero-order chi connectivity index (χ0) is 37.0. The summed E-state index contributed by atoms with van der Waals surface area (Å²) in [5.74, 6) is 0.893. The molecule has 2 fully saturated rings. The molecule has 1 unspecified atom stereocenters. The number of imidazole rings is 2. The number of aliphatic hydroxyl groups excluding tert-OH is 2. The number of H-pyrrole nitrogens is 2. The van der Waals surface area contributed by atoms with E-state index in [0.29, 0.717) is 24.2 Å². The van der Waals surface area contributed by atoms with Gasteiger partial charge in [0.25, 0.3) is 11.8 Å². The monoisotopic (exact) mass is 720 g/mol. The maximum atomic E-state index is 13.2. The molecule has 274 valence electrons. The Morgan fingerprint density at radius 3 is 1.37 bits per heavy atom. The Kier molecular flexibility index (Phi) is 10.2. The number of nitrogens with one attached hydrogen (secondary N) is 2. The van der Waals surface area contributed by atoms with E-state index in [4.69, 9.17) is 0 Å². The minimum Gasteiger partial charge on any atom is -0.378 e. The van der Waals surface area contributed by atoms with Gasteiger partial charge in [0.15, 0.2) is 12.2 Å². The zero-order valence-corrected chi connectivity index (χ0v) is 30.0. The first-order chi connectivity index (χ1) is 26.4. The molecule has 4 aromatic carbocycles. The second-order valence-electron chi connectivity index (χ2n) is 14.3. The molecule has 54 heavy (non-hydrogen) atoms. The van der Waals surface area contributed by atoms with E-state index >= 15 is 0 Å². The first kappa shape index (κ1) is 35.2. The SMILES string of the molecule is O=C(C(O)c1ccccc1)N1CCC[C@H]1c1ncc(-c2ccc(CCc3ccc(-c4cnc([C@@H]5CCCN5C(=O)[C@H](O)c5ccccc5)[nH]4)cc3)cc2)[nH]1. The van der Waals surface area contributed by atoms with E-state index in [2.05, 4.69) is 68.5 Å². The number of aryl methyl sites for hydroxylation is 2. The number of benzene rings is 4. The number of carbonyl (C=O) groups is 2. The highest BCUT2D eigenvalue weighted by atomic mass is 16.3. The molecule has 8 rings (SSSR count). The molecule has 0 aliphatic carbocycles. The molecule has 0 bridgehead atoms. The maximum absolute atomic E-state index is 13.2. The maximum Gasteiger partial charge on any atom is 0.256 e. The van der Waals surface area contributed by atoms with Gasteiger partial charge in [0.2, 0.25) is 0 Å². The van der Waals surface area contributed by atoms with Crippen LogP contribution in [0.5, 0.6) is 0 Å². The van der Waals surface area contributed by atoms with Crippen LogP contribution in [0.3, 0.4) is 0 Å². The van der Waals surface area contributed by atoms with Gasteiger partial charge in [-0.15, -0.1) is 0 Å². The fourth-order valence-electron chi connectivity index (χ4n) is 7.80. The lowest BCUT2D eigenvalue weighted by atomic mass is 10.0. The highest BCUT2D eigenvalue weighted by Gasteiger charge is 2.36. The van der Waals surface area contributed by atoms with Crippen molar-refractivity contribution >= 4 is 11.8 Å². The first-order valence-corrected chi connectivity index (χ1v) is 18.8. The van der Waals surface area contributed by atoms with Crippen molar-refractivity contribution in [2.75, 3.05) is 13.1 Å². The molecule has 6 aromatic rings. The van der Waals surface area contributed by atoms with Crippen molar-refractivity contribution in [2.45, 2.75) is 62.8 Å². The standard InChI is InChI=1S/C44H44N6O4/c51-39(33-9-3-1-4-10-33)43(53)49-25-7-13-37(49)41-45-27-35(47-41)31-21-17-29(18-22-31)15-16-30-19-23-32(24-20-30)36-28-46-42(48-36)38-14-8-26-50(38)44(54)40(52)34-11-5-2-6-12-34/h1-6,9-12,17-24,27-28,37-40,51-52H,7-8,13-16,25-26H2,(H,45,47)(H,46,48)/t37-,38-,39+,40?/m0/s1. The molecule has 2 aliphatic heterocycles. The molecule has 2 aliphatic rings. The summed E-state index contributed by atoms with van der Waals surface area (Å²) in [4.78, 5) is 46.1. The van der Waals surface area contributed by atoms with E-state index in [-0.39, 0.29) is 23.9 Å². The molecule has 0 spiro atoms. The quantitative estimate of drug-likeness (QED) is 0.113. The number of nitrogens with zero attached hydrogens (tertiary/aromatic N) is 4. The lowest BCUT2D eigenvalue weighted by Crippen LogP contribution is -2.35. The van der Waals surface area contributed by atoms with Crippen molar-refractivity contribution in [1.82, 2.24) is 29.7 Å². The molecule has 2 saturated heterocycles. The summed E-state index contributed by atoms with van der Waals surface area (Å²) in [7, 11) is 0. The third kappa shape index (κ3) is 7.35. The normalized spacial score (nSPS) is 18.2. The second-order valence-corrected chi connectivity index (χ2v) is 14.3. The number of hydrogen-bond acceptors (Lipinski definition) is 6. The van der Waals surface area contributed by atoms with Gasteiger partial charge >= 0.3 is 0 Å². The first-order valence-electron chi connectivity index (χ1n) is 18.8. The number of aromatic nitrogens is 4. The minimum absolute atomic E-state index is 0.195. The molecule has 10 heteroatoms. The van der Waals surface area contributed by atoms with Crippen LogP contribution < -0.4 is 0 Å². The molecular formula is C44H44N6O4. The van der Waals surface area contributed by atoms with Crippen molar-refractivity contribution in [1.29, 1.82) is 0 Å². The fourth-order valence-corrected chi connectivity index (χ4v) is 7.80. The summed E-state index contributed by atoms with van der Waals surface area (Å²) in [5, 5.41) is 21.5. The number of hydrogen-bond donors (Lipinski definition) is 4. The largest absolute Gasteiger partial charge is 0.378 e. The van der Waals surface area contributed by atoms with Gasteiger partial charge in [-0.25, -0.2) is 9.97 Å². The number of likely N-dealkylation sites (tertiary alicyclic amines) is 2. The summed E-state index contributed by atoms with van der Waals surface area (Å²) >= 11 is 0. The summed E-state index contributed by atoms with van der Waals surface area (Å²) in [5.41, 5.74) is 7.50. The van der Waals surface area contributed by atoms with Crippen molar-refractivity contribution in [3.05, 3.63) is 155 Å². The van der Waals surface area contributed by atoms with E-state index in [9.17, 15) is 19.8 Å². The molecule has 0 saturated carbocycles. The summed E-state index contributed by atoms with van der Waals surface area (Å²) < 4.78 is 0. The van der Waals surface area contributed by atoms with Crippen LogP contribution in [0.4, 0.5) is 0 Å². The van der Waals surface area contributed by atoms with Crippen LogP contribution in [0.1, 0.15) is 83.9 Å². The van der Waals surface area contributed by atoms with Crippen LogP contribution in [0.15, 0.2) is 122 Å². The third-order valence-electron chi connectivity index (χ3n) is 10.8. The molecule has 4 heterocycles. The van der Waals surface area contributed by atoms with Crippen molar-refractivity contribution in [3.63, 3.8) is 0 Å². The van der Waals surface area contributed by atoms with Gasteiger partial charge in [0.05, 0.1) is 35.9 Å². The van der Waals surface area contributed by atoms with E-state index in [0.717, 1.165) is 72.7 Å². The number of carbonyl (C=O) groups excluding carboxylic acids is 2. The number of amides is 2. The van der Waals surface area contributed by atoms with Gasteiger partial charge in [-0.3, -0.25) is 9.59 Å². The van der Waals surface area contributed by atoms with E-state index in [1.165, 1.54) is 11.1 Å². The summed E-state index contributed by atoms with van der Waals surface area (Å²) in [6, 6.07) is 34.7. The summed E-state index contributed by atoms with van der Waals surface area (Å²) in [6.45, 7) is 1.19. The smallest absolute Gasteiger partial charge is 0.256 e. The molecule has 4 N–H and O–H groups in total. The van der Waals surface area contributed by atoms with Crippen LogP contribution in [0.2, 0.25) is 0 Å². The number of aromatic amines is 2. The van der Waals surface area contributed by atoms with Gasteiger partial charge in [0, 0.05) is 13.1 Å². The fraction of sp³-hybridized carbons (Fsp3) is 0.273. The molecule has 2 amide bonds. The molecule has 2 aromatic heterocycles. The van der Waals surface area contributed by atoms with Crippen LogP contribution in [-0.4, -0.2) is 64.9 Å². The Morgan fingerprint density at radius 1 is 0.593 bits per heavy atom. The van der Waals surface area contributed by atoms with Crippen LogP contribution in [0.25, 0.3) is 22.5 Å². The molecule has 10 nitrogen and oxygen atoms in total. The van der Waals surface area contributed by atoms with Gasteiger partial charge in [-0.05, 0) is 71.9 Å². The molecular weight excluding hydrogens is 677 g/mol. The van der Waals surface area contributed by atoms with Gasteiger partial charge < -0.3 is 30.0 Å². The average Bonchev–Trinajstić information content (AvgIpc) is 4.07. The average molecular weight is 721 g/mol. The van der Waals surface area contributed by atoms with Crippen LogP contribution >= 0.6 is 0 Å². The Bertz CT molecular complexity index is 2020. The predicted molar refractivity (Wildman–Crippen MR) is 206 cm³/mol. The van der Waals surface area contributed by atoms with E-state index in [1.54, 1.807) is 34.1 Å². The van der Waals surface area contributed by atoms with Gasteiger partial charge in [-0.1, -0.05) is 109 Å². The zero-order valence-electron chi connectivity index (χ0n) is 30.0. The predicted octanol–water partition coefficient (Wildman–Crippen LogP) is 7.05. The highest BCUT2D eigenvalue weighted by Crippen LogP contribution is 2.35. The van der Waals surface area contributed by atoms with Crippen LogP contribution in [-0.2, 0) is 22.4 Å². The van der Waals surface area contributed by atoms with Gasteiger partial charge in [-0.2, -0.15) is 0 Å². The van der Waals surface area contributed by atoms with E-state index in [1.807, 2.05) is 48.8 Å². The van der Waals surface area contributed by atoms with Crippen LogP contribution in [0, 0.1) is 0 Å². The second kappa shape index (κ2) is 15.6. The third-order valence-corrected chi connectivity index (χ3v) is 10.8. The Balaban J connectivity index is 0.857.